The van der Waals surface area contributed by atoms with Crippen LogP contribution < -0.4 is 5.32 Å². The lowest BCUT2D eigenvalue weighted by Gasteiger charge is -2.23. The highest BCUT2D eigenvalue weighted by atomic mass is 35.5. The number of amides is 1. The molecule has 1 atom stereocenters. The SMILES string of the molecule is O=C(Cc1ccccc1)NC1CCc2[nH]c3ccc(Cl)cc3c2C1. The minimum Gasteiger partial charge on any atom is -0.358 e. The number of hydrogen-bond donors (Lipinski definition) is 2. The van der Waals surface area contributed by atoms with Gasteiger partial charge in [-0.15, -0.1) is 0 Å². The smallest absolute Gasteiger partial charge is 0.224 e. The van der Waals surface area contributed by atoms with Crippen molar-refractivity contribution in [3.05, 3.63) is 70.4 Å². The molecule has 122 valence electrons. The number of halogens is 1. The first-order valence-corrected chi connectivity index (χ1v) is 8.69. The molecule has 4 heteroatoms. The summed E-state index contributed by atoms with van der Waals surface area (Å²) in [5.74, 6) is 0.0903. The number of H-pyrrole nitrogens is 1. The van der Waals surface area contributed by atoms with Crippen LogP contribution >= 0.6 is 11.6 Å². The number of carbonyl (C=O) groups excluding carboxylic acids is 1. The highest BCUT2D eigenvalue weighted by Gasteiger charge is 2.23. The van der Waals surface area contributed by atoms with Crippen LogP contribution in [0.1, 0.15) is 23.2 Å². The fourth-order valence-electron chi connectivity index (χ4n) is 3.57. The first-order valence-electron chi connectivity index (χ1n) is 8.31. The number of nitrogens with one attached hydrogen (secondary N) is 2. The van der Waals surface area contributed by atoms with Crippen LogP contribution in [0.4, 0.5) is 0 Å². The second-order valence-corrected chi connectivity index (χ2v) is 6.88. The molecule has 0 spiro atoms. The third-order valence-electron chi connectivity index (χ3n) is 4.72. The normalized spacial score (nSPS) is 16.8. The third-order valence-corrected chi connectivity index (χ3v) is 4.96. The van der Waals surface area contributed by atoms with E-state index >= 15 is 0 Å². The molecule has 1 aliphatic carbocycles. The van der Waals surface area contributed by atoms with Crippen LogP contribution in [0.25, 0.3) is 10.9 Å². The Morgan fingerprint density at radius 1 is 1.21 bits per heavy atom. The molecule has 24 heavy (non-hydrogen) atoms. The highest BCUT2D eigenvalue weighted by Crippen LogP contribution is 2.31. The zero-order chi connectivity index (χ0) is 16.5. The Balaban J connectivity index is 1.49. The fourth-order valence-corrected chi connectivity index (χ4v) is 3.74. The first-order chi connectivity index (χ1) is 11.7. The lowest BCUT2D eigenvalue weighted by Crippen LogP contribution is -2.39. The van der Waals surface area contributed by atoms with Gasteiger partial charge in [-0.05, 0) is 48.6 Å². The summed E-state index contributed by atoms with van der Waals surface area (Å²) in [6.07, 6.45) is 3.21. The molecule has 3 nitrogen and oxygen atoms in total. The number of benzene rings is 2. The molecule has 0 aliphatic heterocycles. The van der Waals surface area contributed by atoms with Gasteiger partial charge in [0.25, 0.3) is 0 Å². The van der Waals surface area contributed by atoms with Gasteiger partial charge in [0.1, 0.15) is 0 Å². The maximum Gasteiger partial charge on any atom is 0.224 e. The van der Waals surface area contributed by atoms with Gasteiger partial charge in [0, 0.05) is 27.7 Å². The van der Waals surface area contributed by atoms with Crippen LogP contribution in [0.5, 0.6) is 0 Å². The largest absolute Gasteiger partial charge is 0.358 e. The molecule has 2 aromatic carbocycles. The molecule has 0 saturated carbocycles. The van der Waals surface area contributed by atoms with Crippen molar-refractivity contribution in [1.29, 1.82) is 0 Å². The number of aromatic nitrogens is 1. The number of aromatic amines is 1. The number of aryl methyl sites for hydroxylation is 1. The van der Waals surface area contributed by atoms with Gasteiger partial charge in [-0.1, -0.05) is 41.9 Å². The average molecular weight is 339 g/mol. The van der Waals surface area contributed by atoms with Crippen LogP contribution in [0.3, 0.4) is 0 Å². The Kier molecular flexibility index (Phi) is 4.03. The van der Waals surface area contributed by atoms with Crippen molar-refractivity contribution in [2.45, 2.75) is 31.7 Å². The summed E-state index contributed by atoms with van der Waals surface area (Å²) in [5.41, 5.74) is 4.75. The Hall–Kier alpha value is -2.26. The molecule has 1 unspecified atom stereocenters. The van der Waals surface area contributed by atoms with Crippen molar-refractivity contribution in [3.8, 4) is 0 Å². The third kappa shape index (κ3) is 3.04. The molecular weight excluding hydrogens is 320 g/mol. The van der Waals surface area contributed by atoms with E-state index in [9.17, 15) is 4.79 Å². The summed E-state index contributed by atoms with van der Waals surface area (Å²) >= 11 is 6.15. The minimum atomic E-state index is 0.0903. The van der Waals surface area contributed by atoms with Gasteiger partial charge >= 0.3 is 0 Å². The van der Waals surface area contributed by atoms with Crippen LogP contribution in [0, 0.1) is 0 Å². The first kappa shape index (κ1) is 15.3. The Morgan fingerprint density at radius 3 is 2.88 bits per heavy atom. The van der Waals surface area contributed by atoms with E-state index in [4.69, 9.17) is 11.6 Å². The van der Waals surface area contributed by atoms with E-state index in [2.05, 4.69) is 10.3 Å². The summed E-state index contributed by atoms with van der Waals surface area (Å²) < 4.78 is 0. The molecular formula is C20H19ClN2O. The van der Waals surface area contributed by atoms with Crippen LogP contribution in [0.15, 0.2) is 48.5 Å². The van der Waals surface area contributed by atoms with Crippen molar-refractivity contribution in [3.63, 3.8) is 0 Å². The molecule has 2 N–H and O–H groups in total. The number of carbonyl (C=O) groups is 1. The molecule has 4 rings (SSSR count). The molecule has 0 fully saturated rings. The Bertz CT molecular complexity index is 885. The van der Waals surface area contributed by atoms with Gasteiger partial charge in [0.2, 0.25) is 5.91 Å². The molecule has 0 radical (unpaired) electrons. The molecule has 3 aromatic rings. The lowest BCUT2D eigenvalue weighted by molar-refractivity contribution is -0.121. The summed E-state index contributed by atoms with van der Waals surface area (Å²) in [7, 11) is 0. The minimum absolute atomic E-state index is 0.0903. The summed E-state index contributed by atoms with van der Waals surface area (Å²) in [5, 5.41) is 5.12. The second-order valence-electron chi connectivity index (χ2n) is 6.44. The molecule has 0 saturated heterocycles. The van der Waals surface area contributed by atoms with E-state index in [-0.39, 0.29) is 11.9 Å². The van der Waals surface area contributed by atoms with Crippen LogP contribution in [0.2, 0.25) is 5.02 Å². The lowest BCUT2D eigenvalue weighted by atomic mass is 9.91. The topological polar surface area (TPSA) is 44.9 Å². The molecule has 1 aromatic heterocycles. The van der Waals surface area contributed by atoms with E-state index in [1.165, 1.54) is 16.6 Å². The van der Waals surface area contributed by atoms with Gasteiger partial charge in [0.05, 0.1) is 6.42 Å². The monoisotopic (exact) mass is 338 g/mol. The van der Waals surface area contributed by atoms with E-state index < -0.39 is 0 Å². The number of fused-ring (bicyclic) bond motifs is 3. The Morgan fingerprint density at radius 2 is 2.04 bits per heavy atom. The second kappa shape index (κ2) is 6.33. The predicted molar refractivity (Wildman–Crippen MR) is 97.4 cm³/mol. The quantitative estimate of drug-likeness (QED) is 0.744. The van der Waals surface area contributed by atoms with E-state index in [0.29, 0.717) is 6.42 Å². The zero-order valence-corrected chi connectivity index (χ0v) is 14.1. The van der Waals surface area contributed by atoms with Gasteiger partial charge in [-0.25, -0.2) is 0 Å². The van der Waals surface area contributed by atoms with E-state index in [1.807, 2.05) is 48.5 Å². The van der Waals surface area contributed by atoms with Crippen LogP contribution in [-0.2, 0) is 24.1 Å². The maximum atomic E-state index is 12.3. The molecule has 1 heterocycles. The molecule has 0 bridgehead atoms. The van der Waals surface area contributed by atoms with Crippen molar-refractivity contribution in [2.24, 2.45) is 0 Å². The van der Waals surface area contributed by atoms with Crippen molar-refractivity contribution in [1.82, 2.24) is 10.3 Å². The van der Waals surface area contributed by atoms with Gasteiger partial charge < -0.3 is 10.3 Å². The summed E-state index contributed by atoms with van der Waals surface area (Å²) in [6, 6.07) is 16.0. The molecule has 1 aliphatic rings. The summed E-state index contributed by atoms with van der Waals surface area (Å²) in [4.78, 5) is 15.8. The number of hydrogen-bond acceptors (Lipinski definition) is 1. The molecule has 1 amide bonds. The number of rotatable bonds is 3. The Labute approximate surface area is 146 Å². The van der Waals surface area contributed by atoms with Crippen LogP contribution in [-0.4, -0.2) is 16.9 Å². The van der Waals surface area contributed by atoms with Crippen molar-refractivity contribution < 1.29 is 4.79 Å². The highest BCUT2D eigenvalue weighted by molar-refractivity contribution is 6.31. The summed E-state index contributed by atoms with van der Waals surface area (Å²) in [6.45, 7) is 0. The average Bonchev–Trinajstić information content (AvgIpc) is 2.93. The van der Waals surface area contributed by atoms with E-state index in [0.717, 1.165) is 35.4 Å². The maximum absolute atomic E-state index is 12.3. The van der Waals surface area contributed by atoms with E-state index in [1.54, 1.807) is 0 Å². The predicted octanol–water partition coefficient (Wildman–Crippen LogP) is 4.04. The van der Waals surface area contributed by atoms with Crippen molar-refractivity contribution >= 4 is 28.4 Å². The standard InChI is InChI=1S/C20H19ClN2O/c21-14-6-8-18-16(11-14)17-12-15(7-9-19(17)23-18)22-20(24)10-13-4-2-1-3-5-13/h1-6,8,11,15,23H,7,9-10,12H2,(H,22,24). The van der Waals surface area contributed by atoms with Gasteiger partial charge in [-0.2, -0.15) is 0 Å². The zero-order valence-electron chi connectivity index (χ0n) is 13.3. The fraction of sp³-hybridized carbons (Fsp3) is 0.250. The van der Waals surface area contributed by atoms with Gasteiger partial charge in [0.15, 0.2) is 0 Å². The van der Waals surface area contributed by atoms with Gasteiger partial charge in [-0.3, -0.25) is 4.79 Å². The van der Waals surface area contributed by atoms with Crippen molar-refractivity contribution in [2.75, 3.05) is 0 Å².